The number of carbonyl (C=O) groups is 1. The molecular weight excluding hydrogens is 252 g/mol. The lowest BCUT2D eigenvalue weighted by Gasteiger charge is -2.44. The van der Waals surface area contributed by atoms with Gasteiger partial charge in [0.1, 0.15) is 0 Å². The normalized spacial score (nSPS) is 29.9. The van der Waals surface area contributed by atoms with Crippen LogP contribution < -0.4 is 11.1 Å². The van der Waals surface area contributed by atoms with Crippen molar-refractivity contribution >= 4 is 5.91 Å². The average Bonchev–Trinajstić information content (AvgIpc) is 3.27. The topological polar surface area (TPSA) is 61.6 Å². The Morgan fingerprint density at radius 3 is 2.80 bits per heavy atom. The van der Waals surface area contributed by atoms with Crippen molar-refractivity contribution in [2.24, 2.45) is 5.73 Å². The van der Waals surface area contributed by atoms with Crippen molar-refractivity contribution in [1.82, 2.24) is 15.1 Å². The van der Waals surface area contributed by atoms with E-state index in [9.17, 15) is 4.79 Å². The predicted molar refractivity (Wildman–Crippen MR) is 79.4 cm³/mol. The molecule has 1 saturated carbocycles. The molecule has 3 N–H and O–H groups in total. The molecule has 114 valence electrons. The van der Waals surface area contributed by atoms with E-state index >= 15 is 0 Å². The number of amides is 1. The van der Waals surface area contributed by atoms with Gasteiger partial charge in [-0.1, -0.05) is 6.42 Å². The molecule has 0 radical (unpaired) electrons. The first-order valence-electron chi connectivity index (χ1n) is 8.24. The number of piperidine rings is 1. The van der Waals surface area contributed by atoms with Crippen LogP contribution in [0.3, 0.4) is 0 Å². The summed E-state index contributed by atoms with van der Waals surface area (Å²) in [7, 11) is 0. The molecule has 0 spiro atoms. The number of carbonyl (C=O) groups excluding carboxylic acids is 1. The lowest BCUT2D eigenvalue weighted by Crippen LogP contribution is -2.55. The van der Waals surface area contributed by atoms with Gasteiger partial charge in [-0.15, -0.1) is 0 Å². The number of hydrogen-bond acceptors (Lipinski definition) is 4. The van der Waals surface area contributed by atoms with E-state index in [0.29, 0.717) is 6.04 Å². The molecule has 3 fully saturated rings. The summed E-state index contributed by atoms with van der Waals surface area (Å²) in [5, 5.41) is 3.37. The van der Waals surface area contributed by atoms with E-state index < -0.39 is 0 Å². The van der Waals surface area contributed by atoms with Crippen molar-refractivity contribution in [3.63, 3.8) is 0 Å². The van der Waals surface area contributed by atoms with Gasteiger partial charge >= 0.3 is 0 Å². The maximum absolute atomic E-state index is 11.5. The minimum Gasteiger partial charge on any atom is -0.368 e. The lowest BCUT2D eigenvalue weighted by molar-refractivity contribution is -0.120. The van der Waals surface area contributed by atoms with E-state index in [0.717, 1.165) is 25.6 Å². The average molecular weight is 280 g/mol. The third kappa shape index (κ3) is 3.71. The number of piperazine rings is 1. The second-order valence-corrected chi connectivity index (χ2v) is 6.67. The van der Waals surface area contributed by atoms with Crippen LogP contribution in [-0.2, 0) is 4.79 Å². The van der Waals surface area contributed by atoms with Gasteiger partial charge in [-0.05, 0) is 38.6 Å². The van der Waals surface area contributed by atoms with Crippen molar-refractivity contribution in [1.29, 1.82) is 0 Å². The Balaban J connectivity index is 1.43. The van der Waals surface area contributed by atoms with Gasteiger partial charge in [0.2, 0.25) is 5.91 Å². The summed E-state index contributed by atoms with van der Waals surface area (Å²) in [4.78, 5) is 16.7. The minimum absolute atomic E-state index is 0.133. The Hall–Kier alpha value is -0.650. The number of nitrogens with zero attached hydrogens (tertiary/aromatic N) is 2. The Morgan fingerprint density at radius 2 is 2.05 bits per heavy atom. The monoisotopic (exact) mass is 280 g/mol. The molecule has 5 nitrogen and oxygen atoms in total. The second-order valence-electron chi connectivity index (χ2n) is 6.67. The molecule has 5 heteroatoms. The smallest absolute Gasteiger partial charge is 0.234 e. The maximum atomic E-state index is 11.5. The number of nitrogens with two attached hydrogens (primary N) is 1. The molecule has 2 atom stereocenters. The predicted octanol–water partition coefficient (Wildman–Crippen LogP) is 0.153. The van der Waals surface area contributed by atoms with E-state index in [2.05, 4.69) is 15.1 Å². The van der Waals surface area contributed by atoms with Gasteiger partial charge in [-0.3, -0.25) is 9.69 Å². The van der Waals surface area contributed by atoms with Crippen LogP contribution in [0, 0.1) is 0 Å². The van der Waals surface area contributed by atoms with Gasteiger partial charge in [-0.25, -0.2) is 0 Å². The third-order valence-electron chi connectivity index (χ3n) is 5.01. The molecule has 2 heterocycles. The van der Waals surface area contributed by atoms with E-state index in [1.165, 1.54) is 51.7 Å². The quantitative estimate of drug-likeness (QED) is 0.727. The Kier molecular flexibility index (Phi) is 4.58. The minimum atomic E-state index is -0.187. The zero-order valence-electron chi connectivity index (χ0n) is 12.4. The Bertz CT molecular complexity index is 345. The lowest BCUT2D eigenvalue weighted by atomic mass is 9.99. The first kappa shape index (κ1) is 14.3. The van der Waals surface area contributed by atoms with Gasteiger partial charge in [0.15, 0.2) is 0 Å². The van der Waals surface area contributed by atoms with Crippen molar-refractivity contribution in [3.8, 4) is 0 Å². The Morgan fingerprint density at radius 1 is 1.20 bits per heavy atom. The molecule has 3 aliphatic rings. The van der Waals surface area contributed by atoms with Crippen LogP contribution in [0.1, 0.15) is 38.5 Å². The number of nitrogens with one attached hydrogen (secondary N) is 1. The summed E-state index contributed by atoms with van der Waals surface area (Å²) in [5.74, 6) is -0.187. The zero-order chi connectivity index (χ0) is 13.9. The fourth-order valence-electron chi connectivity index (χ4n) is 3.58. The highest BCUT2D eigenvalue weighted by molar-refractivity contribution is 5.79. The molecule has 2 aliphatic heterocycles. The second kappa shape index (κ2) is 6.41. The van der Waals surface area contributed by atoms with E-state index in [-0.39, 0.29) is 11.9 Å². The number of rotatable bonds is 6. The summed E-state index contributed by atoms with van der Waals surface area (Å²) >= 11 is 0. The highest BCUT2D eigenvalue weighted by atomic mass is 16.1. The molecule has 0 aromatic rings. The summed E-state index contributed by atoms with van der Waals surface area (Å²) in [5.41, 5.74) is 5.51. The highest BCUT2D eigenvalue weighted by Crippen LogP contribution is 2.22. The summed E-state index contributed by atoms with van der Waals surface area (Å²) in [6, 6.07) is 1.16. The van der Waals surface area contributed by atoms with Crippen LogP contribution >= 0.6 is 0 Å². The standard InChI is InChI=1S/C15H28N4O/c16-15(20)14(17-12-4-5-12)6-8-18-9-10-19-7-2-1-3-13(19)11-18/h12-14,17H,1-11H2,(H2,16,20). The SMILES string of the molecule is NC(=O)C(CCN1CCN2CCCCC2C1)NC1CC1. The summed E-state index contributed by atoms with van der Waals surface area (Å²) < 4.78 is 0. The molecule has 20 heavy (non-hydrogen) atoms. The van der Waals surface area contributed by atoms with Crippen molar-refractivity contribution in [2.45, 2.75) is 56.7 Å². The molecule has 2 unspecified atom stereocenters. The van der Waals surface area contributed by atoms with E-state index in [1.54, 1.807) is 0 Å². The third-order valence-corrected chi connectivity index (χ3v) is 5.01. The molecule has 0 aromatic carbocycles. The molecule has 1 aliphatic carbocycles. The molecule has 2 saturated heterocycles. The van der Waals surface area contributed by atoms with Crippen LogP contribution in [-0.4, -0.2) is 66.6 Å². The molecule has 1 amide bonds. The molecule has 3 rings (SSSR count). The van der Waals surface area contributed by atoms with Crippen molar-refractivity contribution in [2.75, 3.05) is 32.7 Å². The first-order chi connectivity index (χ1) is 9.72. The van der Waals surface area contributed by atoms with Gasteiger partial charge in [0.05, 0.1) is 6.04 Å². The fourth-order valence-corrected chi connectivity index (χ4v) is 3.58. The van der Waals surface area contributed by atoms with Crippen LogP contribution in [0.4, 0.5) is 0 Å². The van der Waals surface area contributed by atoms with Gasteiger partial charge < -0.3 is 16.0 Å². The number of primary amides is 1. The summed E-state index contributed by atoms with van der Waals surface area (Å²) in [6.07, 6.45) is 7.34. The number of fused-ring (bicyclic) bond motifs is 1. The van der Waals surface area contributed by atoms with Crippen LogP contribution in [0.25, 0.3) is 0 Å². The molecule has 0 aromatic heterocycles. The largest absolute Gasteiger partial charge is 0.368 e. The molecular formula is C15H28N4O. The number of hydrogen-bond donors (Lipinski definition) is 2. The fraction of sp³-hybridized carbons (Fsp3) is 0.933. The van der Waals surface area contributed by atoms with Crippen LogP contribution in [0.2, 0.25) is 0 Å². The van der Waals surface area contributed by atoms with E-state index in [4.69, 9.17) is 5.73 Å². The molecule has 0 bridgehead atoms. The van der Waals surface area contributed by atoms with Crippen LogP contribution in [0.15, 0.2) is 0 Å². The van der Waals surface area contributed by atoms with Gasteiger partial charge in [0.25, 0.3) is 0 Å². The zero-order valence-corrected chi connectivity index (χ0v) is 12.4. The van der Waals surface area contributed by atoms with Crippen molar-refractivity contribution < 1.29 is 4.79 Å². The first-order valence-corrected chi connectivity index (χ1v) is 8.24. The van der Waals surface area contributed by atoms with Crippen molar-refractivity contribution in [3.05, 3.63) is 0 Å². The van der Waals surface area contributed by atoms with E-state index in [1.807, 2.05) is 0 Å². The summed E-state index contributed by atoms with van der Waals surface area (Å²) in [6.45, 7) is 5.80. The Labute approximate surface area is 121 Å². The van der Waals surface area contributed by atoms with Crippen LogP contribution in [0.5, 0.6) is 0 Å². The maximum Gasteiger partial charge on any atom is 0.234 e. The van der Waals surface area contributed by atoms with Gasteiger partial charge in [-0.2, -0.15) is 0 Å². The highest BCUT2D eigenvalue weighted by Gasteiger charge is 2.30. The van der Waals surface area contributed by atoms with Gasteiger partial charge in [0, 0.05) is 38.3 Å².